The van der Waals surface area contributed by atoms with Gasteiger partial charge in [0.1, 0.15) is 0 Å². The molecule has 0 amide bonds. The van der Waals surface area contributed by atoms with Gasteiger partial charge in [-0.25, -0.2) is 0 Å². The largest absolute Gasteiger partial charge is 0.381 e. The molecular formula is C12H25NO2. The Morgan fingerprint density at radius 2 is 2.13 bits per heavy atom. The quantitative estimate of drug-likeness (QED) is 0.779. The second-order valence-electron chi connectivity index (χ2n) is 5.57. The maximum absolute atomic E-state index is 5.85. The molecule has 1 rings (SSSR count). The summed E-state index contributed by atoms with van der Waals surface area (Å²) < 4.78 is 11.3. The van der Waals surface area contributed by atoms with E-state index < -0.39 is 0 Å². The first-order valence-electron chi connectivity index (χ1n) is 5.89. The standard InChI is InChI=1S/C12H25NO2/c1-11(2,3)15-8-6-12(9-13)5-4-7-14-10-12/h4-10,13H2,1-3H3. The van der Waals surface area contributed by atoms with Crippen LogP contribution in [-0.2, 0) is 9.47 Å². The molecule has 1 atom stereocenters. The van der Waals surface area contributed by atoms with Crippen molar-refractivity contribution in [3.63, 3.8) is 0 Å². The molecule has 1 heterocycles. The van der Waals surface area contributed by atoms with E-state index in [1.165, 1.54) is 6.42 Å². The molecule has 0 aromatic carbocycles. The van der Waals surface area contributed by atoms with Crippen LogP contribution in [0, 0.1) is 5.41 Å². The molecule has 90 valence electrons. The molecule has 0 aliphatic carbocycles. The first-order chi connectivity index (χ1) is 6.97. The van der Waals surface area contributed by atoms with Crippen molar-refractivity contribution in [1.29, 1.82) is 0 Å². The van der Waals surface area contributed by atoms with Crippen molar-refractivity contribution in [2.24, 2.45) is 11.1 Å². The zero-order valence-electron chi connectivity index (χ0n) is 10.3. The van der Waals surface area contributed by atoms with Gasteiger partial charge in [-0.2, -0.15) is 0 Å². The molecule has 0 aromatic heterocycles. The third-order valence-corrected chi connectivity index (χ3v) is 3.00. The average molecular weight is 215 g/mol. The third-order valence-electron chi connectivity index (χ3n) is 3.00. The van der Waals surface area contributed by atoms with Crippen LogP contribution in [0.3, 0.4) is 0 Å². The summed E-state index contributed by atoms with van der Waals surface area (Å²) in [6, 6.07) is 0. The van der Waals surface area contributed by atoms with E-state index >= 15 is 0 Å². The summed E-state index contributed by atoms with van der Waals surface area (Å²) in [7, 11) is 0. The van der Waals surface area contributed by atoms with Crippen molar-refractivity contribution in [2.45, 2.75) is 45.6 Å². The van der Waals surface area contributed by atoms with E-state index in [-0.39, 0.29) is 11.0 Å². The van der Waals surface area contributed by atoms with E-state index in [2.05, 4.69) is 20.8 Å². The van der Waals surface area contributed by atoms with Crippen LogP contribution < -0.4 is 5.73 Å². The lowest BCUT2D eigenvalue weighted by molar-refractivity contribution is -0.0526. The van der Waals surface area contributed by atoms with Crippen LogP contribution in [0.25, 0.3) is 0 Å². The highest BCUT2D eigenvalue weighted by molar-refractivity contribution is 4.83. The first-order valence-corrected chi connectivity index (χ1v) is 5.89. The van der Waals surface area contributed by atoms with E-state index in [0.29, 0.717) is 6.54 Å². The van der Waals surface area contributed by atoms with E-state index in [1.54, 1.807) is 0 Å². The van der Waals surface area contributed by atoms with Crippen LogP contribution in [0.1, 0.15) is 40.0 Å². The molecule has 1 fully saturated rings. The summed E-state index contributed by atoms with van der Waals surface area (Å²) in [6.07, 6.45) is 3.32. The maximum Gasteiger partial charge on any atom is 0.0598 e. The number of nitrogens with two attached hydrogens (primary N) is 1. The van der Waals surface area contributed by atoms with Crippen molar-refractivity contribution < 1.29 is 9.47 Å². The van der Waals surface area contributed by atoms with Gasteiger partial charge in [0.05, 0.1) is 12.2 Å². The van der Waals surface area contributed by atoms with Gasteiger partial charge in [0.2, 0.25) is 0 Å². The highest BCUT2D eigenvalue weighted by atomic mass is 16.5. The summed E-state index contributed by atoms with van der Waals surface area (Å²) in [6.45, 7) is 9.43. The highest BCUT2D eigenvalue weighted by Gasteiger charge is 2.31. The Morgan fingerprint density at radius 3 is 2.60 bits per heavy atom. The average Bonchev–Trinajstić information content (AvgIpc) is 2.17. The van der Waals surface area contributed by atoms with Gasteiger partial charge in [-0.1, -0.05) is 0 Å². The number of hydrogen-bond donors (Lipinski definition) is 1. The van der Waals surface area contributed by atoms with Gasteiger partial charge >= 0.3 is 0 Å². The highest BCUT2D eigenvalue weighted by Crippen LogP contribution is 2.31. The molecule has 1 unspecified atom stereocenters. The predicted octanol–water partition coefficient (Wildman–Crippen LogP) is 1.95. The molecule has 0 aromatic rings. The topological polar surface area (TPSA) is 44.5 Å². The van der Waals surface area contributed by atoms with E-state index in [4.69, 9.17) is 15.2 Å². The van der Waals surface area contributed by atoms with Crippen LogP contribution in [0.4, 0.5) is 0 Å². The minimum absolute atomic E-state index is 0.0503. The normalized spacial score (nSPS) is 28.0. The smallest absolute Gasteiger partial charge is 0.0598 e. The molecule has 1 aliphatic rings. The van der Waals surface area contributed by atoms with Crippen molar-refractivity contribution >= 4 is 0 Å². The number of rotatable bonds is 4. The number of ether oxygens (including phenoxy) is 2. The molecule has 1 aliphatic heterocycles. The molecule has 2 N–H and O–H groups in total. The van der Waals surface area contributed by atoms with Crippen LogP contribution in [0.2, 0.25) is 0 Å². The molecular weight excluding hydrogens is 190 g/mol. The summed E-state index contributed by atoms with van der Waals surface area (Å²) in [5, 5.41) is 0. The SMILES string of the molecule is CC(C)(C)OCCC1(CN)CCCOC1. The summed E-state index contributed by atoms with van der Waals surface area (Å²) in [5.74, 6) is 0. The molecule has 1 saturated heterocycles. The lowest BCUT2D eigenvalue weighted by Crippen LogP contribution is -2.40. The summed E-state index contributed by atoms with van der Waals surface area (Å²) in [5.41, 5.74) is 5.97. The second kappa shape index (κ2) is 5.28. The summed E-state index contributed by atoms with van der Waals surface area (Å²) in [4.78, 5) is 0. The van der Waals surface area contributed by atoms with Crippen molar-refractivity contribution in [3.8, 4) is 0 Å². The molecule has 3 nitrogen and oxygen atoms in total. The lowest BCUT2D eigenvalue weighted by Gasteiger charge is -2.36. The second-order valence-corrected chi connectivity index (χ2v) is 5.57. The van der Waals surface area contributed by atoms with Crippen LogP contribution in [-0.4, -0.2) is 32.0 Å². The van der Waals surface area contributed by atoms with Crippen LogP contribution >= 0.6 is 0 Å². The fraction of sp³-hybridized carbons (Fsp3) is 1.00. The third kappa shape index (κ3) is 4.49. The lowest BCUT2D eigenvalue weighted by atomic mass is 9.80. The molecule has 15 heavy (non-hydrogen) atoms. The van der Waals surface area contributed by atoms with E-state index in [1.807, 2.05) is 0 Å². The molecule has 0 bridgehead atoms. The first kappa shape index (κ1) is 12.9. The van der Waals surface area contributed by atoms with Crippen LogP contribution in [0.5, 0.6) is 0 Å². The Bertz CT molecular complexity index is 181. The Balaban J connectivity index is 2.33. The van der Waals surface area contributed by atoms with Gasteiger partial charge in [-0.3, -0.25) is 0 Å². The zero-order valence-corrected chi connectivity index (χ0v) is 10.3. The van der Waals surface area contributed by atoms with E-state index in [0.717, 1.165) is 32.7 Å². The maximum atomic E-state index is 5.85. The molecule has 0 radical (unpaired) electrons. The zero-order chi connectivity index (χ0) is 11.4. The van der Waals surface area contributed by atoms with Gasteiger partial charge in [-0.05, 0) is 40.0 Å². The fourth-order valence-corrected chi connectivity index (χ4v) is 1.94. The van der Waals surface area contributed by atoms with Crippen molar-refractivity contribution in [3.05, 3.63) is 0 Å². The van der Waals surface area contributed by atoms with Gasteiger partial charge < -0.3 is 15.2 Å². The van der Waals surface area contributed by atoms with Crippen molar-refractivity contribution in [1.82, 2.24) is 0 Å². The Morgan fingerprint density at radius 1 is 1.40 bits per heavy atom. The Kier molecular flexibility index (Phi) is 4.56. The molecule has 3 heteroatoms. The number of hydrogen-bond acceptors (Lipinski definition) is 3. The Labute approximate surface area is 93.3 Å². The summed E-state index contributed by atoms with van der Waals surface area (Å²) >= 11 is 0. The van der Waals surface area contributed by atoms with Gasteiger partial charge in [0.25, 0.3) is 0 Å². The van der Waals surface area contributed by atoms with Gasteiger partial charge in [0, 0.05) is 25.2 Å². The monoisotopic (exact) mass is 215 g/mol. The minimum atomic E-state index is -0.0503. The van der Waals surface area contributed by atoms with Crippen LogP contribution in [0.15, 0.2) is 0 Å². The fourth-order valence-electron chi connectivity index (χ4n) is 1.94. The minimum Gasteiger partial charge on any atom is -0.381 e. The molecule has 0 saturated carbocycles. The van der Waals surface area contributed by atoms with Gasteiger partial charge in [0.15, 0.2) is 0 Å². The van der Waals surface area contributed by atoms with Crippen molar-refractivity contribution in [2.75, 3.05) is 26.4 Å². The molecule has 0 spiro atoms. The van der Waals surface area contributed by atoms with Gasteiger partial charge in [-0.15, -0.1) is 0 Å². The predicted molar refractivity (Wildman–Crippen MR) is 61.9 cm³/mol. The van der Waals surface area contributed by atoms with E-state index in [9.17, 15) is 0 Å². The Hall–Kier alpha value is -0.120.